The fraction of sp³-hybridized carbons (Fsp3) is 0. The van der Waals surface area contributed by atoms with Crippen LogP contribution in [0.25, 0.3) is 33.4 Å². The predicted molar refractivity (Wildman–Crippen MR) is 142 cm³/mol. The first-order valence-electron chi connectivity index (χ1n) is 11.1. The largest absolute Gasteiger partial charge is 0.399 e. The third-order valence-electron chi connectivity index (χ3n) is 5.69. The molecular formula is C30H24N4. The molecule has 164 valence electrons. The van der Waals surface area contributed by atoms with Crippen molar-refractivity contribution in [3.05, 3.63) is 127 Å². The van der Waals surface area contributed by atoms with Gasteiger partial charge >= 0.3 is 0 Å². The van der Waals surface area contributed by atoms with Gasteiger partial charge in [0.2, 0.25) is 0 Å². The smallest absolute Gasteiger partial charge is 0.162 e. The second-order valence-electron chi connectivity index (χ2n) is 8.03. The Labute approximate surface area is 199 Å². The Morgan fingerprint density at radius 2 is 1.18 bits per heavy atom. The van der Waals surface area contributed by atoms with E-state index in [0.29, 0.717) is 17.3 Å². The molecule has 0 aliphatic carbocycles. The lowest BCUT2D eigenvalue weighted by Gasteiger charge is -2.11. The summed E-state index contributed by atoms with van der Waals surface area (Å²) in [4.78, 5) is 9.36. The van der Waals surface area contributed by atoms with Crippen LogP contribution in [0.15, 0.2) is 126 Å². The summed E-state index contributed by atoms with van der Waals surface area (Å²) in [6, 6.07) is 38.5. The first-order valence-corrected chi connectivity index (χ1v) is 11.1. The highest BCUT2D eigenvalue weighted by Gasteiger charge is 2.11. The molecule has 34 heavy (non-hydrogen) atoms. The second-order valence-corrected chi connectivity index (χ2v) is 8.03. The highest BCUT2D eigenvalue weighted by atomic mass is 15.0. The summed E-state index contributed by atoms with van der Waals surface area (Å²) < 4.78 is 0. The van der Waals surface area contributed by atoms with Crippen molar-refractivity contribution in [3.8, 4) is 33.4 Å². The van der Waals surface area contributed by atoms with Gasteiger partial charge in [0.1, 0.15) is 5.84 Å². The number of nitrogen functional groups attached to an aromatic ring is 1. The summed E-state index contributed by atoms with van der Waals surface area (Å²) >= 11 is 0. The molecule has 0 saturated heterocycles. The van der Waals surface area contributed by atoms with Gasteiger partial charge in [-0.05, 0) is 40.5 Å². The van der Waals surface area contributed by atoms with Crippen molar-refractivity contribution in [1.29, 1.82) is 0 Å². The molecule has 5 aromatic rings. The average Bonchev–Trinajstić information content (AvgIpc) is 2.90. The van der Waals surface area contributed by atoms with Crippen molar-refractivity contribution in [3.63, 3.8) is 0 Å². The Morgan fingerprint density at radius 1 is 0.588 bits per heavy atom. The molecule has 0 unspecified atom stereocenters. The van der Waals surface area contributed by atoms with Gasteiger partial charge in [0.15, 0.2) is 5.82 Å². The van der Waals surface area contributed by atoms with Crippen LogP contribution in [0.3, 0.4) is 0 Å². The minimum Gasteiger partial charge on any atom is -0.399 e. The summed E-state index contributed by atoms with van der Waals surface area (Å²) in [7, 11) is 0. The Bertz CT molecular complexity index is 1440. The van der Waals surface area contributed by atoms with E-state index in [1.165, 1.54) is 11.1 Å². The zero-order chi connectivity index (χ0) is 23.3. The SMILES string of the molecule is N/C(=N\c1ncc(-c2ccc(-c3ccccc3)cc2)cc1-c1ccccc1)c1cccc(N)c1. The number of anilines is 1. The summed E-state index contributed by atoms with van der Waals surface area (Å²) in [5.41, 5.74) is 20.1. The van der Waals surface area contributed by atoms with Gasteiger partial charge in [-0.15, -0.1) is 0 Å². The maximum atomic E-state index is 6.32. The number of aromatic nitrogens is 1. The average molecular weight is 441 g/mol. The van der Waals surface area contributed by atoms with E-state index < -0.39 is 0 Å². The van der Waals surface area contributed by atoms with Crippen molar-refractivity contribution in [2.75, 3.05) is 5.73 Å². The first kappa shape index (κ1) is 21.2. The minimum atomic E-state index is 0.372. The van der Waals surface area contributed by atoms with Crippen LogP contribution in [0, 0.1) is 0 Å². The number of nitrogens with zero attached hydrogens (tertiary/aromatic N) is 2. The molecule has 0 radical (unpaired) electrons. The van der Waals surface area contributed by atoms with Gasteiger partial charge in [-0.2, -0.15) is 0 Å². The number of pyridine rings is 1. The van der Waals surface area contributed by atoms with Crippen LogP contribution in [-0.4, -0.2) is 10.8 Å². The monoisotopic (exact) mass is 440 g/mol. The van der Waals surface area contributed by atoms with E-state index in [0.717, 1.165) is 27.8 Å². The molecule has 0 aliphatic heterocycles. The van der Waals surface area contributed by atoms with Gasteiger partial charge in [-0.1, -0.05) is 97.1 Å². The Morgan fingerprint density at radius 3 is 1.82 bits per heavy atom. The zero-order valence-corrected chi connectivity index (χ0v) is 18.6. The molecule has 4 N–H and O–H groups in total. The summed E-state index contributed by atoms with van der Waals surface area (Å²) in [5, 5.41) is 0. The molecule has 0 saturated carbocycles. The number of amidine groups is 1. The maximum Gasteiger partial charge on any atom is 0.162 e. The predicted octanol–water partition coefficient (Wildman–Crippen LogP) is 6.70. The fourth-order valence-corrected chi connectivity index (χ4v) is 3.90. The number of hydrogen-bond donors (Lipinski definition) is 2. The molecule has 0 atom stereocenters. The third-order valence-corrected chi connectivity index (χ3v) is 5.69. The lowest BCUT2D eigenvalue weighted by molar-refractivity contribution is 1.26. The van der Waals surface area contributed by atoms with Crippen LogP contribution >= 0.6 is 0 Å². The number of rotatable bonds is 5. The normalized spacial score (nSPS) is 11.4. The lowest BCUT2D eigenvalue weighted by atomic mass is 9.98. The molecule has 4 nitrogen and oxygen atoms in total. The number of benzene rings is 4. The van der Waals surface area contributed by atoms with Crippen LogP contribution in [0.1, 0.15) is 5.56 Å². The van der Waals surface area contributed by atoms with Gasteiger partial charge in [-0.3, -0.25) is 0 Å². The fourth-order valence-electron chi connectivity index (χ4n) is 3.90. The van der Waals surface area contributed by atoms with Gasteiger partial charge in [-0.25, -0.2) is 9.98 Å². The standard InChI is InChI=1S/C30H24N4/c31-27-13-7-12-25(18-27)29(32)34-30-28(24-10-5-2-6-11-24)19-26(20-33-30)23-16-14-22(15-17-23)21-8-3-1-4-9-21/h1-20H,31H2,(H2,32,33,34). The molecule has 0 aliphatic rings. The first-order chi connectivity index (χ1) is 16.7. The van der Waals surface area contributed by atoms with Gasteiger partial charge in [0, 0.05) is 28.6 Å². The second kappa shape index (κ2) is 9.43. The lowest BCUT2D eigenvalue weighted by Crippen LogP contribution is -2.13. The Balaban J connectivity index is 1.55. The zero-order valence-electron chi connectivity index (χ0n) is 18.6. The molecule has 4 aromatic carbocycles. The molecule has 1 aromatic heterocycles. The van der Waals surface area contributed by atoms with Crippen LogP contribution < -0.4 is 11.5 Å². The van der Waals surface area contributed by atoms with E-state index in [1.807, 2.05) is 66.9 Å². The Kier molecular flexibility index (Phi) is 5.87. The van der Waals surface area contributed by atoms with Crippen molar-refractivity contribution in [2.24, 2.45) is 10.7 Å². The molecule has 0 amide bonds. The highest BCUT2D eigenvalue weighted by Crippen LogP contribution is 2.33. The molecule has 1 heterocycles. The third kappa shape index (κ3) is 4.57. The topological polar surface area (TPSA) is 77.3 Å². The Hall–Kier alpha value is -4.70. The van der Waals surface area contributed by atoms with E-state index in [4.69, 9.17) is 16.5 Å². The molecule has 0 spiro atoms. The number of nitrogens with two attached hydrogens (primary N) is 2. The van der Waals surface area contributed by atoms with Gasteiger partial charge in [0.25, 0.3) is 0 Å². The summed E-state index contributed by atoms with van der Waals surface area (Å²) in [6.07, 6.45) is 1.84. The van der Waals surface area contributed by atoms with E-state index in [-0.39, 0.29) is 0 Å². The van der Waals surface area contributed by atoms with Crippen molar-refractivity contribution in [1.82, 2.24) is 4.98 Å². The number of aliphatic imine (C=N–C) groups is 1. The molecule has 4 heteroatoms. The van der Waals surface area contributed by atoms with Gasteiger partial charge < -0.3 is 11.5 Å². The van der Waals surface area contributed by atoms with E-state index >= 15 is 0 Å². The minimum absolute atomic E-state index is 0.372. The maximum absolute atomic E-state index is 6.32. The molecule has 0 fully saturated rings. The molecular weight excluding hydrogens is 416 g/mol. The summed E-state index contributed by atoms with van der Waals surface area (Å²) in [5.74, 6) is 0.938. The highest BCUT2D eigenvalue weighted by molar-refractivity contribution is 6.00. The number of hydrogen-bond acceptors (Lipinski definition) is 3. The van der Waals surface area contributed by atoms with Crippen molar-refractivity contribution >= 4 is 17.3 Å². The van der Waals surface area contributed by atoms with Crippen molar-refractivity contribution < 1.29 is 0 Å². The summed E-state index contributed by atoms with van der Waals surface area (Å²) in [6.45, 7) is 0. The van der Waals surface area contributed by atoms with E-state index in [1.54, 1.807) is 0 Å². The van der Waals surface area contributed by atoms with E-state index in [2.05, 4.69) is 59.6 Å². The van der Waals surface area contributed by atoms with Gasteiger partial charge in [0.05, 0.1) is 0 Å². The van der Waals surface area contributed by atoms with Crippen LogP contribution in [-0.2, 0) is 0 Å². The van der Waals surface area contributed by atoms with Crippen LogP contribution in [0.2, 0.25) is 0 Å². The molecule has 5 rings (SSSR count). The molecule has 0 bridgehead atoms. The van der Waals surface area contributed by atoms with E-state index in [9.17, 15) is 0 Å². The van der Waals surface area contributed by atoms with Crippen LogP contribution in [0.5, 0.6) is 0 Å². The van der Waals surface area contributed by atoms with Crippen LogP contribution in [0.4, 0.5) is 11.5 Å². The quantitative estimate of drug-likeness (QED) is 0.181. The van der Waals surface area contributed by atoms with Crippen molar-refractivity contribution in [2.45, 2.75) is 0 Å².